The minimum absolute atomic E-state index is 0.0184. The van der Waals surface area contributed by atoms with Crippen LogP contribution in [0.25, 0.3) is 0 Å². The van der Waals surface area contributed by atoms with Crippen molar-refractivity contribution in [2.45, 2.75) is 46.2 Å². The zero-order chi connectivity index (χ0) is 15.4. The van der Waals surface area contributed by atoms with E-state index in [1.807, 2.05) is 11.8 Å². The fraction of sp³-hybridized carbons (Fsp3) is 0.733. The van der Waals surface area contributed by atoms with Gasteiger partial charge in [-0.25, -0.2) is 0 Å². The van der Waals surface area contributed by atoms with E-state index in [0.29, 0.717) is 24.0 Å². The van der Waals surface area contributed by atoms with Gasteiger partial charge in [0.1, 0.15) is 5.69 Å². The van der Waals surface area contributed by atoms with E-state index in [0.717, 1.165) is 39.0 Å². The molecule has 0 spiro atoms. The topological polar surface area (TPSA) is 67.4 Å². The van der Waals surface area contributed by atoms with Crippen molar-refractivity contribution < 1.29 is 4.79 Å². The van der Waals surface area contributed by atoms with Crippen LogP contribution in [-0.4, -0.2) is 57.7 Å². The molecule has 1 amide bonds. The quantitative estimate of drug-likeness (QED) is 0.892. The maximum atomic E-state index is 12.6. The van der Waals surface area contributed by atoms with Crippen LogP contribution in [0.1, 0.15) is 44.1 Å². The van der Waals surface area contributed by atoms with Crippen molar-refractivity contribution in [3.05, 3.63) is 11.9 Å². The molecule has 6 nitrogen and oxygen atoms in total. The van der Waals surface area contributed by atoms with Crippen LogP contribution in [0.5, 0.6) is 0 Å². The number of piperidine rings is 1. The molecule has 1 aromatic heterocycles. The number of amides is 1. The zero-order valence-corrected chi connectivity index (χ0v) is 13.4. The van der Waals surface area contributed by atoms with Gasteiger partial charge in [-0.2, -0.15) is 5.10 Å². The molecule has 1 aliphatic heterocycles. The number of carbonyl (C=O) groups is 1. The molecule has 0 unspecified atom stereocenters. The van der Waals surface area contributed by atoms with Crippen LogP contribution in [-0.2, 0) is 6.54 Å². The first-order valence-electron chi connectivity index (χ1n) is 7.96. The van der Waals surface area contributed by atoms with Crippen LogP contribution in [0.3, 0.4) is 0 Å². The predicted molar refractivity (Wildman–Crippen MR) is 84.2 cm³/mol. The van der Waals surface area contributed by atoms with E-state index in [1.165, 1.54) is 0 Å². The van der Waals surface area contributed by atoms with Crippen molar-refractivity contribution in [2.24, 2.45) is 0 Å². The lowest BCUT2D eigenvalue weighted by molar-refractivity contribution is 0.0621. The summed E-state index contributed by atoms with van der Waals surface area (Å²) in [5.41, 5.74) is 6.92. The van der Waals surface area contributed by atoms with Gasteiger partial charge in [-0.05, 0) is 32.9 Å². The van der Waals surface area contributed by atoms with E-state index in [4.69, 9.17) is 5.73 Å². The number of hydrogen-bond acceptors (Lipinski definition) is 4. The van der Waals surface area contributed by atoms with Crippen molar-refractivity contribution in [1.29, 1.82) is 0 Å². The number of aromatic nitrogens is 2. The monoisotopic (exact) mass is 293 g/mol. The second-order valence-electron chi connectivity index (χ2n) is 5.51. The molecule has 2 rings (SSSR count). The highest BCUT2D eigenvalue weighted by molar-refractivity contribution is 5.97. The number of carbonyl (C=O) groups excluding carboxylic acids is 1. The fourth-order valence-corrected chi connectivity index (χ4v) is 3.20. The third-order valence-corrected chi connectivity index (χ3v) is 4.45. The minimum atomic E-state index is 0.0184. The Morgan fingerprint density at radius 3 is 2.48 bits per heavy atom. The Hall–Kier alpha value is -1.56. The molecule has 0 radical (unpaired) electrons. The van der Waals surface area contributed by atoms with Gasteiger partial charge >= 0.3 is 0 Å². The molecule has 1 aliphatic rings. The van der Waals surface area contributed by atoms with E-state index < -0.39 is 0 Å². The lowest BCUT2D eigenvalue weighted by atomic mass is 10.0. The molecule has 6 heteroatoms. The fourth-order valence-electron chi connectivity index (χ4n) is 3.20. The van der Waals surface area contributed by atoms with E-state index in [1.54, 1.807) is 10.9 Å². The minimum Gasteiger partial charge on any atom is -0.396 e. The van der Waals surface area contributed by atoms with Crippen LogP contribution in [0.2, 0.25) is 0 Å². The average molecular weight is 293 g/mol. The second-order valence-corrected chi connectivity index (χ2v) is 5.51. The molecule has 0 aromatic carbocycles. The number of anilines is 1. The number of aryl methyl sites for hydroxylation is 1. The standard InChI is InChI=1S/C15H27N5O/c1-4-18(5-2)12-7-9-19(10-8-12)15(21)14-13(16)11-17-20(14)6-3/h11-12H,4-10,16H2,1-3H3. The Labute approximate surface area is 126 Å². The number of hydrogen-bond donors (Lipinski definition) is 1. The Morgan fingerprint density at radius 2 is 1.95 bits per heavy atom. The van der Waals surface area contributed by atoms with Crippen LogP contribution < -0.4 is 5.73 Å². The summed E-state index contributed by atoms with van der Waals surface area (Å²) in [6, 6.07) is 0.595. The maximum absolute atomic E-state index is 12.6. The molecule has 0 bridgehead atoms. The zero-order valence-electron chi connectivity index (χ0n) is 13.4. The van der Waals surface area contributed by atoms with Gasteiger partial charge in [-0.1, -0.05) is 13.8 Å². The normalized spacial score (nSPS) is 16.7. The molecule has 1 fully saturated rings. The Kier molecular flexibility index (Phi) is 5.22. The summed E-state index contributed by atoms with van der Waals surface area (Å²) in [5, 5.41) is 4.16. The smallest absolute Gasteiger partial charge is 0.274 e. The lowest BCUT2D eigenvalue weighted by Gasteiger charge is -2.37. The molecule has 1 aromatic rings. The summed E-state index contributed by atoms with van der Waals surface area (Å²) < 4.78 is 1.69. The molecule has 1 saturated heterocycles. The largest absolute Gasteiger partial charge is 0.396 e. The molecular formula is C15H27N5O. The second kappa shape index (κ2) is 6.93. The molecule has 21 heavy (non-hydrogen) atoms. The highest BCUT2D eigenvalue weighted by atomic mass is 16.2. The van der Waals surface area contributed by atoms with Crippen molar-refractivity contribution in [3.8, 4) is 0 Å². The number of nitrogen functional groups attached to an aromatic ring is 1. The first-order chi connectivity index (χ1) is 10.1. The molecule has 2 N–H and O–H groups in total. The van der Waals surface area contributed by atoms with Gasteiger partial charge < -0.3 is 15.5 Å². The third kappa shape index (κ3) is 3.20. The van der Waals surface area contributed by atoms with Crippen LogP contribution in [0.4, 0.5) is 5.69 Å². The van der Waals surface area contributed by atoms with Gasteiger partial charge in [-0.3, -0.25) is 9.48 Å². The van der Waals surface area contributed by atoms with Crippen molar-refractivity contribution in [2.75, 3.05) is 31.9 Å². The van der Waals surface area contributed by atoms with Gasteiger partial charge in [0.2, 0.25) is 0 Å². The Bertz CT molecular complexity index is 472. The SMILES string of the molecule is CCN(CC)C1CCN(C(=O)c2c(N)cnn2CC)CC1. The highest BCUT2D eigenvalue weighted by Crippen LogP contribution is 2.20. The number of likely N-dealkylation sites (tertiary alicyclic amines) is 1. The molecule has 0 saturated carbocycles. The first kappa shape index (κ1) is 15.8. The summed E-state index contributed by atoms with van der Waals surface area (Å²) >= 11 is 0. The van der Waals surface area contributed by atoms with Crippen molar-refractivity contribution in [1.82, 2.24) is 19.6 Å². The Balaban J connectivity index is 2.02. The molecule has 2 heterocycles. The van der Waals surface area contributed by atoms with Gasteiger partial charge in [0.25, 0.3) is 5.91 Å². The first-order valence-corrected chi connectivity index (χ1v) is 7.96. The Morgan fingerprint density at radius 1 is 1.33 bits per heavy atom. The van der Waals surface area contributed by atoms with E-state index in [2.05, 4.69) is 23.8 Å². The van der Waals surface area contributed by atoms with Crippen molar-refractivity contribution >= 4 is 11.6 Å². The molecule has 118 valence electrons. The van der Waals surface area contributed by atoms with Crippen LogP contribution >= 0.6 is 0 Å². The van der Waals surface area contributed by atoms with Gasteiger partial charge in [0.15, 0.2) is 0 Å². The van der Waals surface area contributed by atoms with Gasteiger partial charge in [0, 0.05) is 25.7 Å². The third-order valence-electron chi connectivity index (χ3n) is 4.45. The number of rotatable bonds is 5. The molecule has 0 aliphatic carbocycles. The molecule has 0 atom stereocenters. The lowest BCUT2D eigenvalue weighted by Crippen LogP contribution is -2.47. The summed E-state index contributed by atoms with van der Waals surface area (Å²) in [7, 11) is 0. The van der Waals surface area contributed by atoms with Crippen LogP contribution in [0, 0.1) is 0 Å². The molecular weight excluding hydrogens is 266 g/mol. The average Bonchev–Trinajstić information content (AvgIpc) is 2.89. The van der Waals surface area contributed by atoms with E-state index in [9.17, 15) is 4.79 Å². The van der Waals surface area contributed by atoms with E-state index >= 15 is 0 Å². The number of nitrogens with zero attached hydrogens (tertiary/aromatic N) is 4. The summed E-state index contributed by atoms with van der Waals surface area (Å²) in [5.74, 6) is 0.0184. The summed E-state index contributed by atoms with van der Waals surface area (Å²) in [4.78, 5) is 17.0. The van der Waals surface area contributed by atoms with Crippen LogP contribution in [0.15, 0.2) is 6.20 Å². The highest BCUT2D eigenvalue weighted by Gasteiger charge is 2.28. The summed E-state index contributed by atoms with van der Waals surface area (Å²) in [6.45, 7) is 10.8. The maximum Gasteiger partial charge on any atom is 0.274 e. The number of nitrogens with two attached hydrogens (primary N) is 1. The van der Waals surface area contributed by atoms with Crippen molar-refractivity contribution in [3.63, 3.8) is 0 Å². The van der Waals surface area contributed by atoms with Gasteiger partial charge in [0.05, 0.1) is 11.9 Å². The van der Waals surface area contributed by atoms with E-state index in [-0.39, 0.29) is 5.91 Å². The predicted octanol–water partition coefficient (Wildman–Crippen LogP) is 1.43. The van der Waals surface area contributed by atoms with Gasteiger partial charge in [-0.15, -0.1) is 0 Å². The summed E-state index contributed by atoms with van der Waals surface area (Å²) in [6.07, 6.45) is 3.64.